The number of fused-ring (bicyclic) bond motifs is 2. The van der Waals surface area contributed by atoms with E-state index in [1.807, 2.05) is 24.3 Å². The van der Waals surface area contributed by atoms with Crippen LogP contribution in [0.5, 0.6) is 5.75 Å². The van der Waals surface area contributed by atoms with Crippen LogP contribution in [0.1, 0.15) is 68.3 Å². The van der Waals surface area contributed by atoms with Gasteiger partial charge in [0.05, 0.1) is 17.4 Å². The van der Waals surface area contributed by atoms with E-state index in [2.05, 4.69) is 5.16 Å². The number of carbonyl (C=O) groups is 3. The third-order valence-corrected chi connectivity index (χ3v) is 9.59. The number of halogens is 1. The number of nitrogens with zero attached hydrogens (tertiary/aromatic N) is 3. The van der Waals surface area contributed by atoms with Crippen LogP contribution in [0.15, 0.2) is 40.9 Å². The molecule has 3 atom stereocenters. The maximum atomic E-state index is 14.3. The fraction of sp³-hybridized carbons (Fsp3) is 0.484. The molecule has 2 fully saturated rings. The zero-order chi connectivity index (χ0) is 28.7. The minimum Gasteiger partial charge on any atom is -0.487 e. The van der Waals surface area contributed by atoms with Crippen LogP contribution in [-0.4, -0.2) is 57.5 Å². The van der Waals surface area contributed by atoms with Gasteiger partial charge in [-0.2, -0.15) is 0 Å². The predicted octanol–water partition coefficient (Wildman–Crippen LogP) is 5.39. The first-order valence-corrected chi connectivity index (χ1v) is 14.7. The Balaban J connectivity index is 1.38. The second-order valence-electron chi connectivity index (χ2n) is 11.6. The highest BCUT2D eigenvalue weighted by atomic mass is 35.5. The van der Waals surface area contributed by atoms with Gasteiger partial charge in [0.1, 0.15) is 18.1 Å². The van der Waals surface area contributed by atoms with Crippen molar-refractivity contribution in [2.75, 3.05) is 19.6 Å². The number of carboxylic acids is 1. The summed E-state index contributed by atoms with van der Waals surface area (Å²) in [4.78, 5) is 43.0. The molecule has 10 heteroatoms. The summed E-state index contributed by atoms with van der Waals surface area (Å²) in [5.41, 5.74) is 1.85. The zero-order valence-electron chi connectivity index (χ0n) is 23.1. The average molecular weight is 580 g/mol. The lowest BCUT2D eigenvalue weighted by molar-refractivity contribution is -0.162. The number of carbonyl (C=O) groups excluding carboxylic acids is 2. The molecule has 0 radical (unpaired) electrons. The quantitative estimate of drug-likeness (QED) is 0.399. The van der Waals surface area contributed by atoms with Gasteiger partial charge in [-0.25, -0.2) is 0 Å². The van der Waals surface area contributed by atoms with Gasteiger partial charge in [0.15, 0.2) is 5.58 Å². The number of ether oxygens (including phenoxy) is 1. The second kappa shape index (κ2) is 11.0. The summed E-state index contributed by atoms with van der Waals surface area (Å²) in [6, 6.07) is 10.6. The van der Waals surface area contributed by atoms with Crippen molar-refractivity contribution in [3.8, 4) is 5.75 Å². The minimum atomic E-state index is -1.13. The van der Waals surface area contributed by atoms with Gasteiger partial charge in [0.2, 0.25) is 11.8 Å². The topological polar surface area (TPSA) is 113 Å². The van der Waals surface area contributed by atoms with Crippen molar-refractivity contribution in [3.63, 3.8) is 0 Å². The number of carboxylic acid groups (broad SMARTS) is 1. The van der Waals surface area contributed by atoms with E-state index in [1.54, 1.807) is 28.9 Å². The molecule has 3 aromatic rings. The van der Waals surface area contributed by atoms with Crippen LogP contribution in [-0.2, 0) is 27.4 Å². The van der Waals surface area contributed by atoms with E-state index >= 15 is 0 Å². The molecule has 3 aliphatic rings. The first-order chi connectivity index (χ1) is 19.8. The van der Waals surface area contributed by atoms with Crippen LogP contribution >= 0.6 is 11.6 Å². The van der Waals surface area contributed by atoms with Crippen LogP contribution in [0.25, 0.3) is 11.0 Å². The molecule has 41 heavy (non-hydrogen) atoms. The third kappa shape index (κ3) is 4.94. The summed E-state index contributed by atoms with van der Waals surface area (Å²) < 4.78 is 11.8. The van der Waals surface area contributed by atoms with Gasteiger partial charge in [0.25, 0.3) is 0 Å². The average Bonchev–Trinajstić information content (AvgIpc) is 3.58. The number of hydrogen-bond donors (Lipinski definition) is 1. The Morgan fingerprint density at radius 2 is 1.98 bits per heavy atom. The number of aromatic nitrogens is 1. The van der Waals surface area contributed by atoms with E-state index in [9.17, 15) is 19.5 Å². The number of hydrogen-bond acceptors (Lipinski definition) is 6. The lowest BCUT2D eigenvalue weighted by Crippen LogP contribution is -2.52. The molecular formula is C31H34ClN3O6. The summed E-state index contributed by atoms with van der Waals surface area (Å²) in [6.07, 6.45) is 4.33. The van der Waals surface area contributed by atoms with Crippen LogP contribution < -0.4 is 4.74 Å². The minimum absolute atomic E-state index is 0.0520. The number of benzene rings is 2. The lowest BCUT2D eigenvalue weighted by atomic mass is 9.66. The molecule has 3 heterocycles. The Labute approximate surface area is 243 Å². The maximum Gasteiger partial charge on any atom is 0.310 e. The van der Waals surface area contributed by atoms with Crippen LogP contribution in [0.3, 0.4) is 0 Å². The molecule has 1 N–H and O–H groups in total. The van der Waals surface area contributed by atoms with Gasteiger partial charge < -0.3 is 24.2 Å². The fourth-order valence-electron chi connectivity index (χ4n) is 6.84. The van der Waals surface area contributed by atoms with Crippen molar-refractivity contribution >= 4 is 40.4 Å². The van der Waals surface area contributed by atoms with Gasteiger partial charge in [-0.1, -0.05) is 41.7 Å². The van der Waals surface area contributed by atoms with Crippen LogP contribution in [0.2, 0.25) is 5.02 Å². The molecule has 0 bridgehead atoms. The Morgan fingerprint density at radius 1 is 1.15 bits per heavy atom. The summed E-state index contributed by atoms with van der Waals surface area (Å²) >= 11 is 6.72. The van der Waals surface area contributed by atoms with Crippen molar-refractivity contribution in [2.24, 2.45) is 11.3 Å². The molecule has 2 amide bonds. The van der Waals surface area contributed by atoms with Gasteiger partial charge in [-0.05, 0) is 62.4 Å². The van der Waals surface area contributed by atoms with Gasteiger partial charge in [-0.15, -0.1) is 0 Å². The molecule has 2 aliphatic heterocycles. The Kier molecular flexibility index (Phi) is 7.40. The van der Waals surface area contributed by atoms with Gasteiger partial charge in [0, 0.05) is 42.0 Å². The summed E-state index contributed by atoms with van der Waals surface area (Å²) in [7, 11) is 0. The monoisotopic (exact) mass is 579 g/mol. The van der Waals surface area contributed by atoms with Crippen LogP contribution in [0, 0.1) is 11.3 Å². The highest BCUT2D eigenvalue weighted by Gasteiger charge is 2.50. The SMILES string of the molecule is C[C@@]1(C(=O)O)CCCCC1C(=O)N1CCc2c(Cl)ccc(OCc3noc4ccccc34)c2[C@H]1CN1CCCC1=O. The number of likely N-dealkylation sites (tertiary alicyclic amines) is 1. The molecule has 0 spiro atoms. The largest absolute Gasteiger partial charge is 0.487 e. The van der Waals surface area contributed by atoms with Crippen molar-refractivity contribution in [1.29, 1.82) is 0 Å². The highest BCUT2D eigenvalue weighted by Crippen LogP contribution is 2.46. The summed E-state index contributed by atoms with van der Waals surface area (Å²) in [5, 5.41) is 15.8. The molecule has 1 aliphatic carbocycles. The number of amides is 2. The van der Waals surface area contributed by atoms with Crippen molar-refractivity contribution in [2.45, 2.75) is 64.5 Å². The second-order valence-corrected chi connectivity index (χ2v) is 12.0. The van der Waals surface area contributed by atoms with E-state index in [1.165, 1.54) is 0 Å². The van der Waals surface area contributed by atoms with Crippen LogP contribution in [0.4, 0.5) is 0 Å². The first-order valence-electron chi connectivity index (χ1n) is 14.4. The van der Waals surface area contributed by atoms with E-state index in [0.29, 0.717) is 67.4 Å². The smallest absolute Gasteiger partial charge is 0.310 e. The van der Waals surface area contributed by atoms with E-state index in [-0.39, 0.29) is 18.4 Å². The van der Waals surface area contributed by atoms with E-state index < -0.39 is 23.3 Å². The standard InChI is InChI=1S/C31H34ClN3O6/c1-31(30(38)39)14-5-4-8-21(31)29(37)35-16-13-19-22(32)11-12-26(28(19)24(35)17-34-15-6-10-27(34)36)40-18-23-20-7-2-3-9-25(20)41-33-23/h2-3,7,9,11-12,21,24H,4-6,8,10,13-18H2,1H3,(H,38,39)/t21?,24-,31-/m1/s1. The molecule has 1 saturated heterocycles. The van der Waals surface area contributed by atoms with E-state index in [4.69, 9.17) is 20.9 Å². The number of rotatable bonds is 7. The molecule has 6 rings (SSSR count). The molecule has 1 saturated carbocycles. The first kappa shape index (κ1) is 27.6. The molecule has 2 aromatic carbocycles. The number of para-hydroxylation sites is 1. The normalized spacial score (nSPS) is 24.5. The molecule has 9 nitrogen and oxygen atoms in total. The van der Waals surface area contributed by atoms with Crippen molar-refractivity contribution in [3.05, 3.63) is 58.2 Å². The van der Waals surface area contributed by atoms with E-state index in [0.717, 1.165) is 35.8 Å². The Hall–Kier alpha value is -3.59. The molecular weight excluding hydrogens is 546 g/mol. The summed E-state index contributed by atoms with van der Waals surface area (Å²) in [6.45, 7) is 3.15. The Bertz CT molecular complexity index is 1500. The highest BCUT2D eigenvalue weighted by molar-refractivity contribution is 6.31. The van der Waals surface area contributed by atoms with Crippen molar-refractivity contribution in [1.82, 2.24) is 15.0 Å². The number of aliphatic carboxylic acids is 1. The maximum absolute atomic E-state index is 14.3. The molecule has 1 aromatic heterocycles. The fourth-order valence-corrected chi connectivity index (χ4v) is 7.10. The van der Waals surface area contributed by atoms with Crippen molar-refractivity contribution < 1.29 is 28.8 Å². The molecule has 216 valence electrons. The van der Waals surface area contributed by atoms with Gasteiger partial charge >= 0.3 is 5.97 Å². The molecule has 1 unspecified atom stereocenters. The zero-order valence-corrected chi connectivity index (χ0v) is 23.9. The Morgan fingerprint density at radius 3 is 2.76 bits per heavy atom. The predicted molar refractivity (Wildman–Crippen MR) is 151 cm³/mol. The lowest BCUT2D eigenvalue weighted by Gasteiger charge is -2.45. The third-order valence-electron chi connectivity index (χ3n) is 9.23. The van der Waals surface area contributed by atoms with Gasteiger partial charge in [-0.3, -0.25) is 14.4 Å². The summed E-state index contributed by atoms with van der Waals surface area (Å²) in [5.74, 6) is -1.14.